The van der Waals surface area contributed by atoms with Crippen molar-refractivity contribution in [2.75, 3.05) is 6.54 Å². The van der Waals surface area contributed by atoms with Crippen LogP contribution in [0.25, 0.3) is 0 Å². The van der Waals surface area contributed by atoms with E-state index in [0.29, 0.717) is 12.0 Å². The molecule has 5 heteroatoms. The number of hydrogen-bond donors (Lipinski definition) is 3. The SMILES string of the molecule is CC(O)CNC(=O)C(Cc1ccccc1)NC(=O)c1ccccc1. The van der Waals surface area contributed by atoms with Gasteiger partial charge < -0.3 is 15.7 Å². The summed E-state index contributed by atoms with van der Waals surface area (Å²) in [6, 6.07) is 17.5. The molecule has 0 aromatic heterocycles. The Bertz CT molecular complexity index is 657. The molecular weight excluding hydrogens is 304 g/mol. The summed E-state index contributed by atoms with van der Waals surface area (Å²) in [6.45, 7) is 1.74. The zero-order valence-electron chi connectivity index (χ0n) is 13.6. The predicted molar refractivity (Wildman–Crippen MR) is 92.5 cm³/mol. The van der Waals surface area contributed by atoms with Gasteiger partial charge in [0.25, 0.3) is 5.91 Å². The second-order valence-corrected chi connectivity index (χ2v) is 5.68. The summed E-state index contributed by atoms with van der Waals surface area (Å²) in [5.74, 6) is -0.618. The van der Waals surface area contributed by atoms with Crippen LogP contribution >= 0.6 is 0 Å². The number of rotatable bonds is 7. The molecule has 2 unspecified atom stereocenters. The minimum absolute atomic E-state index is 0.144. The maximum absolute atomic E-state index is 12.4. The third-order valence-electron chi connectivity index (χ3n) is 3.51. The number of aliphatic hydroxyl groups excluding tert-OH is 1. The van der Waals surface area contributed by atoms with E-state index in [4.69, 9.17) is 0 Å². The number of aliphatic hydroxyl groups is 1. The monoisotopic (exact) mass is 326 g/mol. The lowest BCUT2D eigenvalue weighted by Crippen LogP contribution is -2.49. The molecule has 2 aromatic rings. The molecule has 2 atom stereocenters. The summed E-state index contributed by atoms with van der Waals surface area (Å²) in [6.07, 6.45) is -0.262. The molecule has 0 heterocycles. The fraction of sp³-hybridized carbons (Fsp3) is 0.263. The molecule has 0 fully saturated rings. The summed E-state index contributed by atoms with van der Waals surface area (Å²) in [7, 11) is 0. The molecular formula is C19H22N2O3. The zero-order valence-corrected chi connectivity index (χ0v) is 13.6. The third-order valence-corrected chi connectivity index (χ3v) is 3.51. The first-order valence-electron chi connectivity index (χ1n) is 7.92. The Morgan fingerprint density at radius 1 is 1.00 bits per heavy atom. The second kappa shape index (κ2) is 8.84. The van der Waals surface area contributed by atoms with Crippen LogP contribution in [0.1, 0.15) is 22.8 Å². The van der Waals surface area contributed by atoms with E-state index in [9.17, 15) is 14.7 Å². The van der Waals surface area contributed by atoms with Crippen LogP contribution < -0.4 is 10.6 Å². The van der Waals surface area contributed by atoms with Crippen LogP contribution in [0.3, 0.4) is 0 Å². The summed E-state index contributed by atoms with van der Waals surface area (Å²) in [5, 5.41) is 14.8. The quantitative estimate of drug-likeness (QED) is 0.722. The van der Waals surface area contributed by atoms with Gasteiger partial charge in [0.2, 0.25) is 5.91 Å². The van der Waals surface area contributed by atoms with E-state index < -0.39 is 12.1 Å². The van der Waals surface area contributed by atoms with Gasteiger partial charge in [0, 0.05) is 18.5 Å². The highest BCUT2D eigenvalue weighted by Crippen LogP contribution is 2.06. The summed E-state index contributed by atoms with van der Waals surface area (Å²) < 4.78 is 0. The normalized spacial score (nSPS) is 12.9. The molecule has 126 valence electrons. The molecule has 24 heavy (non-hydrogen) atoms. The van der Waals surface area contributed by atoms with Crippen molar-refractivity contribution in [1.29, 1.82) is 0 Å². The number of amides is 2. The van der Waals surface area contributed by atoms with E-state index in [-0.39, 0.29) is 18.4 Å². The lowest BCUT2D eigenvalue weighted by molar-refractivity contribution is -0.123. The van der Waals surface area contributed by atoms with Crippen molar-refractivity contribution in [1.82, 2.24) is 10.6 Å². The van der Waals surface area contributed by atoms with Crippen LogP contribution in [0.15, 0.2) is 60.7 Å². The molecule has 0 bridgehead atoms. The van der Waals surface area contributed by atoms with E-state index in [2.05, 4.69) is 10.6 Å². The maximum atomic E-state index is 12.4. The molecule has 0 spiro atoms. The van der Waals surface area contributed by atoms with Gasteiger partial charge in [-0.15, -0.1) is 0 Å². The Morgan fingerprint density at radius 2 is 1.58 bits per heavy atom. The number of benzene rings is 2. The highest BCUT2D eigenvalue weighted by molar-refractivity contribution is 5.97. The van der Waals surface area contributed by atoms with Crippen molar-refractivity contribution in [3.8, 4) is 0 Å². The minimum Gasteiger partial charge on any atom is -0.392 e. The van der Waals surface area contributed by atoms with Crippen LogP contribution in [-0.4, -0.2) is 35.6 Å². The average molecular weight is 326 g/mol. The van der Waals surface area contributed by atoms with Gasteiger partial charge in [-0.2, -0.15) is 0 Å². The van der Waals surface area contributed by atoms with Gasteiger partial charge in [-0.05, 0) is 24.6 Å². The van der Waals surface area contributed by atoms with Gasteiger partial charge in [-0.1, -0.05) is 48.5 Å². The molecule has 0 saturated heterocycles. The third kappa shape index (κ3) is 5.52. The van der Waals surface area contributed by atoms with E-state index in [1.165, 1.54) is 0 Å². The van der Waals surface area contributed by atoms with Crippen molar-refractivity contribution in [2.24, 2.45) is 0 Å². The number of hydrogen-bond acceptors (Lipinski definition) is 3. The maximum Gasteiger partial charge on any atom is 0.251 e. The molecule has 0 radical (unpaired) electrons. The topological polar surface area (TPSA) is 78.4 Å². The molecule has 2 amide bonds. The molecule has 2 aromatic carbocycles. The smallest absolute Gasteiger partial charge is 0.251 e. The highest BCUT2D eigenvalue weighted by atomic mass is 16.3. The first-order valence-corrected chi connectivity index (χ1v) is 7.92. The number of carbonyl (C=O) groups is 2. The fourth-order valence-electron chi connectivity index (χ4n) is 2.26. The van der Waals surface area contributed by atoms with Crippen LogP contribution in [0, 0.1) is 0 Å². The van der Waals surface area contributed by atoms with Gasteiger partial charge in [-0.25, -0.2) is 0 Å². The summed E-state index contributed by atoms with van der Waals surface area (Å²) in [5.41, 5.74) is 1.45. The van der Waals surface area contributed by atoms with E-state index in [1.54, 1.807) is 31.2 Å². The highest BCUT2D eigenvalue weighted by Gasteiger charge is 2.22. The number of carbonyl (C=O) groups excluding carboxylic acids is 2. The van der Waals surface area contributed by atoms with Gasteiger partial charge in [0.15, 0.2) is 0 Å². The average Bonchev–Trinajstić information content (AvgIpc) is 2.60. The molecule has 0 aliphatic heterocycles. The van der Waals surface area contributed by atoms with Crippen molar-refractivity contribution >= 4 is 11.8 Å². The van der Waals surface area contributed by atoms with Crippen molar-refractivity contribution in [3.63, 3.8) is 0 Å². The molecule has 2 rings (SSSR count). The molecule has 5 nitrogen and oxygen atoms in total. The lowest BCUT2D eigenvalue weighted by atomic mass is 10.0. The zero-order chi connectivity index (χ0) is 17.4. The van der Waals surface area contributed by atoms with E-state index in [0.717, 1.165) is 5.56 Å². The van der Waals surface area contributed by atoms with Gasteiger partial charge in [0.1, 0.15) is 6.04 Å². The predicted octanol–water partition coefficient (Wildman–Crippen LogP) is 1.52. The van der Waals surface area contributed by atoms with Crippen molar-refractivity contribution in [3.05, 3.63) is 71.8 Å². The van der Waals surface area contributed by atoms with Crippen LogP contribution in [0.4, 0.5) is 0 Å². The van der Waals surface area contributed by atoms with Gasteiger partial charge in [-0.3, -0.25) is 9.59 Å². The van der Waals surface area contributed by atoms with E-state index in [1.807, 2.05) is 36.4 Å². The summed E-state index contributed by atoms with van der Waals surface area (Å²) >= 11 is 0. The summed E-state index contributed by atoms with van der Waals surface area (Å²) in [4.78, 5) is 24.7. The first kappa shape index (κ1) is 17.7. The van der Waals surface area contributed by atoms with Crippen molar-refractivity contribution in [2.45, 2.75) is 25.5 Å². The Labute approximate surface area is 141 Å². The Morgan fingerprint density at radius 3 is 2.17 bits per heavy atom. The number of nitrogens with one attached hydrogen (secondary N) is 2. The van der Waals surface area contributed by atoms with Crippen molar-refractivity contribution < 1.29 is 14.7 Å². The Hall–Kier alpha value is -2.66. The van der Waals surface area contributed by atoms with Crippen LogP contribution in [0.5, 0.6) is 0 Å². The van der Waals surface area contributed by atoms with E-state index >= 15 is 0 Å². The second-order valence-electron chi connectivity index (χ2n) is 5.68. The lowest BCUT2D eigenvalue weighted by Gasteiger charge is -2.19. The largest absolute Gasteiger partial charge is 0.392 e. The fourth-order valence-corrected chi connectivity index (χ4v) is 2.26. The molecule has 3 N–H and O–H groups in total. The van der Waals surface area contributed by atoms with Gasteiger partial charge in [0.05, 0.1) is 6.10 Å². The molecule has 0 aliphatic rings. The standard InChI is InChI=1S/C19H22N2O3/c1-14(22)13-20-19(24)17(12-15-8-4-2-5-9-15)21-18(23)16-10-6-3-7-11-16/h2-11,14,17,22H,12-13H2,1H3,(H,20,24)(H,21,23). The first-order chi connectivity index (χ1) is 11.6. The Kier molecular flexibility index (Phi) is 6.51. The molecule has 0 saturated carbocycles. The Balaban J connectivity index is 2.09. The molecule has 0 aliphatic carbocycles. The minimum atomic E-state index is -0.709. The van der Waals surface area contributed by atoms with Crippen LogP contribution in [-0.2, 0) is 11.2 Å². The van der Waals surface area contributed by atoms with Crippen LogP contribution in [0.2, 0.25) is 0 Å². The van der Waals surface area contributed by atoms with Gasteiger partial charge >= 0.3 is 0 Å².